The van der Waals surface area contributed by atoms with E-state index >= 15 is 0 Å². The van der Waals surface area contributed by atoms with E-state index < -0.39 is 30.4 Å². The number of aliphatic carboxylic acids is 1. The van der Waals surface area contributed by atoms with Crippen molar-refractivity contribution in [2.45, 2.75) is 44.2 Å². The highest BCUT2D eigenvalue weighted by atomic mass is 16.4. The van der Waals surface area contributed by atoms with Crippen molar-refractivity contribution in [2.24, 2.45) is 5.73 Å². The smallest absolute Gasteiger partial charge is 0.326 e. The minimum Gasteiger partial charge on any atom is -0.480 e. The summed E-state index contributed by atoms with van der Waals surface area (Å²) in [6.07, 6.45) is 3.60. The lowest BCUT2D eigenvalue weighted by Gasteiger charge is -2.26. The third-order valence-corrected chi connectivity index (χ3v) is 3.19. The van der Waals surface area contributed by atoms with Gasteiger partial charge < -0.3 is 21.1 Å². The van der Waals surface area contributed by atoms with E-state index in [9.17, 15) is 14.4 Å². The number of primary amides is 1. The summed E-state index contributed by atoms with van der Waals surface area (Å²) in [5, 5.41) is 11.2. The molecule has 1 aliphatic rings. The van der Waals surface area contributed by atoms with Gasteiger partial charge >= 0.3 is 12.0 Å². The van der Waals surface area contributed by atoms with Crippen LogP contribution in [0.5, 0.6) is 0 Å². The van der Waals surface area contributed by atoms with E-state index in [-0.39, 0.29) is 6.04 Å². The molecule has 0 heterocycles. The molecular weight excluding hydrogens is 238 g/mol. The molecule has 0 aromatic rings. The van der Waals surface area contributed by atoms with Crippen LogP contribution in [0.15, 0.2) is 0 Å². The van der Waals surface area contributed by atoms with Gasteiger partial charge in [0.15, 0.2) is 0 Å². The van der Waals surface area contributed by atoms with Gasteiger partial charge in [0.2, 0.25) is 5.91 Å². The summed E-state index contributed by atoms with van der Waals surface area (Å²) in [5.74, 6) is -2.02. The van der Waals surface area contributed by atoms with E-state index in [1.165, 1.54) is 4.90 Å². The van der Waals surface area contributed by atoms with Crippen molar-refractivity contribution in [3.63, 3.8) is 0 Å². The molecule has 1 saturated carbocycles. The molecule has 1 atom stereocenters. The van der Waals surface area contributed by atoms with Crippen molar-refractivity contribution >= 4 is 17.9 Å². The van der Waals surface area contributed by atoms with Gasteiger partial charge in [-0.15, -0.1) is 0 Å². The second kappa shape index (κ2) is 6.23. The Balaban J connectivity index is 2.54. The zero-order chi connectivity index (χ0) is 13.7. The number of nitrogens with zero attached hydrogens (tertiary/aromatic N) is 1. The molecule has 0 saturated heterocycles. The standard InChI is InChI=1S/C11H19N3O4/c1-14(7-4-2-3-5-7)11(18)13-8(10(16)17)6-9(12)15/h7-8H,2-6H2,1H3,(H2,12,15)(H,13,18)(H,16,17). The van der Waals surface area contributed by atoms with E-state index in [0.29, 0.717) is 0 Å². The summed E-state index contributed by atoms with van der Waals surface area (Å²) in [6.45, 7) is 0. The van der Waals surface area contributed by atoms with Crippen LogP contribution in [0, 0.1) is 0 Å². The normalized spacial score (nSPS) is 17.2. The lowest BCUT2D eigenvalue weighted by Crippen LogP contribution is -2.50. The Morgan fingerprint density at radius 2 is 1.94 bits per heavy atom. The minimum atomic E-state index is -1.26. The van der Waals surface area contributed by atoms with E-state index in [4.69, 9.17) is 10.8 Å². The highest BCUT2D eigenvalue weighted by Crippen LogP contribution is 2.22. The Kier molecular flexibility index (Phi) is 4.94. The molecule has 0 aromatic heterocycles. The highest BCUT2D eigenvalue weighted by Gasteiger charge is 2.27. The van der Waals surface area contributed by atoms with Gasteiger partial charge in [0.05, 0.1) is 6.42 Å². The Bertz CT molecular complexity index is 339. The molecule has 3 amide bonds. The van der Waals surface area contributed by atoms with E-state index in [2.05, 4.69) is 5.32 Å². The topological polar surface area (TPSA) is 113 Å². The fraction of sp³-hybridized carbons (Fsp3) is 0.727. The average Bonchev–Trinajstić information content (AvgIpc) is 2.79. The molecule has 7 nitrogen and oxygen atoms in total. The van der Waals surface area contributed by atoms with Crippen molar-refractivity contribution in [3.8, 4) is 0 Å². The van der Waals surface area contributed by atoms with Gasteiger partial charge in [-0.3, -0.25) is 4.79 Å². The quantitative estimate of drug-likeness (QED) is 0.638. The zero-order valence-electron chi connectivity index (χ0n) is 10.4. The Labute approximate surface area is 105 Å². The molecule has 18 heavy (non-hydrogen) atoms. The molecular formula is C11H19N3O4. The van der Waals surface area contributed by atoms with E-state index in [1.807, 2.05) is 0 Å². The van der Waals surface area contributed by atoms with Gasteiger partial charge in [-0.05, 0) is 12.8 Å². The maximum Gasteiger partial charge on any atom is 0.326 e. The molecule has 7 heteroatoms. The summed E-state index contributed by atoms with van der Waals surface area (Å²) in [4.78, 5) is 34.9. The van der Waals surface area contributed by atoms with Gasteiger partial charge in [-0.25, -0.2) is 9.59 Å². The monoisotopic (exact) mass is 257 g/mol. The maximum absolute atomic E-state index is 11.8. The number of nitrogens with one attached hydrogen (secondary N) is 1. The molecule has 1 rings (SSSR count). The number of urea groups is 1. The van der Waals surface area contributed by atoms with Crippen molar-refractivity contribution in [1.82, 2.24) is 10.2 Å². The summed E-state index contributed by atoms with van der Waals surface area (Å²) in [7, 11) is 1.63. The number of hydrogen-bond acceptors (Lipinski definition) is 3. The number of nitrogens with two attached hydrogens (primary N) is 1. The van der Waals surface area contributed by atoms with Crippen molar-refractivity contribution < 1.29 is 19.5 Å². The number of amides is 3. The highest BCUT2D eigenvalue weighted by molar-refractivity contribution is 5.87. The summed E-state index contributed by atoms with van der Waals surface area (Å²) in [6, 6.07) is -1.59. The van der Waals surface area contributed by atoms with E-state index in [0.717, 1.165) is 25.7 Å². The number of carboxylic acid groups (broad SMARTS) is 1. The van der Waals surface area contributed by atoms with Gasteiger partial charge in [0, 0.05) is 13.1 Å². The lowest BCUT2D eigenvalue weighted by atomic mass is 10.2. The molecule has 1 aliphatic carbocycles. The van der Waals surface area contributed by atoms with Crippen LogP contribution in [-0.2, 0) is 9.59 Å². The fourth-order valence-electron chi connectivity index (χ4n) is 2.11. The average molecular weight is 257 g/mol. The Morgan fingerprint density at radius 1 is 1.39 bits per heavy atom. The molecule has 102 valence electrons. The van der Waals surface area contributed by atoms with Gasteiger partial charge in [-0.2, -0.15) is 0 Å². The van der Waals surface area contributed by atoms with E-state index in [1.54, 1.807) is 7.05 Å². The Morgan fingerprint density at radius 3 is 2.39 bits per heavy atom. The summed E-state index contributed by atoms with van der Waals surface area (Å²) < 4.78 is 0. The third kappa shape index (κ3) is 3.90. The minimum absolute atomic E-state index is 0.146. The van der Waals surface area contributed by atoms with Gasteiger partial charge in [0.1, 0.15) is 6.04 Å². The van der Waals surface area contributed by atoms with Crippen LogP contribution in [0.2, 0.25) is 0 Å². The third-order valence-electron chi connectivity index (χ3n) is 3.19. The summed E-state index contributed by atoms with van der Waals surface area (Å²) >= 11 is 0. The number of rotatable bonds is 5. The first-order valence-corrected chi connectivity index (χ1v) is 5.96. The molecule has 1 unspecified atom stereocenters. The predicted molar refractivity (Wildman–Crippen MR) is 63.8 cm³/mol. The maximum atomic E-state index is 11.8. The van der Waals surface area contributed by atoms with Crippen LogP contribution in [0.1, 0.15) is 32.1 Å². The number of hydrogen-bond donors (Lipinski definition) is 3. The Hall–Kier alpha value is -1.79. The second-order valence-corrected chi connectivity index (χ2v) is 4.56. The van der Waals surface area contributed by atoms with Crippen LogP contribution in [0.4, 0.5) is 4.79 Å². The van der Waals surface area contributed by atoms with Crippen LogP contribution in [0.3, 0.4) is 0 Å². The van der Waals surface area contributed by atoms with Crippen LogP contribution in [-0.4, -0.2) is 47.0 Å². The largest absolute Gasteiger partial charge is 0.480 e. The molecule has 0 aliphatic heterocycles. The SMILES string of the molecule is CN(C(=O)NC(CC(N)=O)C(=O)O)C1CCCC1. The van der Waals surface area contributed by atoms with Crippen molar-refractivity contribution in [2.75, 3.05) is 7.05 Å². The molecule has 0 bridgehead atoms. The predicted octanol–water partition coefficient (Wildman–Crippen LogP) is -0.101. The first-order chi connectivity index (χ1) is 8.41. The second-order valence-electron chi connectivity index (χ2n) is 4.56. The number of carboxylic acids is 1. The first-order valence-electron chi connectivity index (χ1n) is 5.96. The number of carbonyl (C=O) groups excluding carboxylic acids is 2. The molecule has 4 N–H and O–H groups in total. The zero-order valence-corrected chi connectivity index (χ0v) is 10.4. The van der Waals surface area contributed by atoms with Crippen molar-refractivity contribution in [1.29, 1.82) is 0 Å². The molecule has 0 radical (unpaired) electrons. The van der Waals surface area contributed by atoms with Crippen LogP contribution >= 0.6 is 0 Å². The van der Waals surface area contributed by atoms with Gasteiger partial charge in [-0.1, -0.05) is 12.8 Å². The van der Waals surface area contributed by atoms with Crippen molar-refractivity contribution in [3.05, 3.63) is 0 Å². The lowest BCUT2D eigenvalue weighted by molar-refractivity contribution is -0.141. The molecule has 0 aromatic carbocycles. The summed E-state index contributed by atoms with van der Waals surface area (Å²) in [5.41, 5.74) is 4.94. The molecule has 0 spiro atoms. The molecule has 1 fully saturated rings. The van der Waals surface area contributed by atoms with Crippen LogP contribution < -0.4 is 11.1 Å². The van der Waals surface area contributed by atoms with Crippen LogP contribution in [0.25, 0.3) is 0 Å². The first kappa shape index (κ1) is 14.3. The van der Waals surface area contributed by atoms with Gasteiger partial charge in [0.25, 0.3) is 0 Å². The fourth-order valence-corrected chi connectivity index (χ4v) is 2.11. The number of carbonyl (C=O) groups is 3.